The largest absolute Gasteiger partial charge is 0.494 e. The van der Waals surface area contributed by atoms with Crippen LogP contribution in [0.3, 0.4) is 0 Å². The molecule has 4 rings (SSSR count). The monoisotopic (exact) mass is 394 g/mol. The van der Waals surface area contributed by atoms with Crippen molar-refractivity contribution in [1.29, 1.82) is 0 Å². The van der Waals surface area contributed by atoms with Gasteiger partial charge in [-0.2, -0.15) is 0 Å². The van der Waals surface area contributed by atoms with Crippen LogP contribution in [-0.2, 0) is 11.2 Å². The molecule has 154 valence electrons. The fourth-order valence-corrected chi connectivity index (χ4v) is 4.25. The van der Waals surface area contributed by atoms with Gasteiger partial charge in [0.1, 0.15) is 5.75 Å². The maximum atomic E-state index is 12.6. The molecule has 29 heavy (non-hydrogen) atoms. The van der Waals surface area contributed by atoms with Crippen LogP contribution in [0.4, 0.5) is 11.4 Å². The van der Waals surface area contributed by atoms with Crippen LogP contribution >= 0.6 is 0 Å². The molecule has 0 N–H and O–H groups in total. The summed E-state index contributed by atoms with van der Waals surface area (Å²) >= 11 is 0. The fourth-order valence-electron chi connectivity index (χ4n) is 4.25. The second-order valence-corrected chi connectivity index (χ2v) is 7.81. The van der Waals surface area contributed by atoms with E-state index in [2.05, 4.69) is 22.9 Å². The van der Waals surface area contributed by atoms with Crippen LogP contribution in [-0.4, -0.2) is 48.6 Å². The van der Waals surface area contributed by atoms with Crippen molar-refractivity contribution < 1.29 is 14.3 Å². The number of methoxy groups -OCH3 is 1. The predicted molar refractivity (Wildman–Crippen MR) is 113 cm³/mol. The number of amides is 1. The number of hydrogen-bond donors (Lipinski definition) is 0. The molecule has 2 aliphatic heterocycles. The smallest absolute Gasteiger partial charge is 0.231 e. The highest BCUT2D eigenvalue weighted by atomic mass is 16.5. The summed E-state index contributed by atoms with van der Waals surface area (Å²) in [7, 11) is 1.58. The zero-order valence-corrected chi connectivity index (χ0v) is 17.3. The number of aryl methyl sites for hydroxylation is 1. The Kier molecular flexibility index (Phi) is 6.00. The third-order valence-corrected chi connectivity index (χ3v) is 5.89. The number of pyridine rings is 1. The number of carbonyl (C=O) groups is 1. The number of likely N-dealkylation sites (tertiary alicyclic amines) is 1. The molecule has 0 saturated carbocycles. The Hall–Kier alpha value is -2.60. The average molecular weight is 395 g/mol. The second-order valence-electron chi connectivity index (χ2n) is 7.81. The SMILES string of the molecule is C[C@@H]1CCCN1CCCOc1ccc2c(c1)CCC(=O)N2c1ccc(O[11CH3])nc1. The van der Waals surface area contributed by atoms with Crippen LogP contribution in [0, 0.1) is 0 Å². The van der Waals surface area contributed by atoms with Gasteiger partial charge >= 0.3 is 0 Å². The van der Waals surface area contributed by atoms with E-state index in [1.807, 2.05) is 18.2 Å². The van der Waals surface area contributed by atoms with Crippen LogP contribution in [0.25, 0.3) is 0 Å². The van der Waals surface area contributed by atoms with Crippen LogP contribution in [0.2, 0.25) is 0 Å². The van der Waals surface area contributed by atoms with E-state index in [9.17, 15) is 4.79 Å². The molecule has 1 amide bonds. The van der Waals surface area contributed by atoms with Crippen LogP contribution < -0.4 is 14.4 Å². The number of ether oxygens (including phenoxy) is 2. The lowest BCUT2D eigenvalue weighted by atomic mass is 10.0. The summed E-state index contributed by atoms with van der Waals surface area (Å²) in [5, 5.41) is 0. The molecule has 2 aromatic rings. The lowest BCUT2D eigenvalue weighted by Gasteiger charge is -2.29. The number of fused-ring (bicyclic) bond motifs is 1. The maximum absolute atomic E-state index is 12.6. The van der Waals surface area contributed by atoms with Gasteiger partial charge in [-0.1, -0.05) is 0 Å². The van der Waals surface area contributed by atoms with E-state index in [1.54, 1.807) is 24.3 Å². The molecule has 1 aromatic carbocycles. The molecule has 1 atom stereocenters. The first-order valence-corrected chi connectivity index (χ1v) is 10.5. The molecule has 1 saturated heterocycles. The van der Waals surface area contributed by atoms with E-state index in [4.69, 9.17) is 9.47 Å². The van der Waals surface area contributed by atoms with Crippen molar-refractivity contribution in [3.05, 3.63) is 42.1 Å². The third-order valence-electron chi connectivity index (χ3n) is 5.89. The van der Waals surface area contributed by atoms with Crippen LogP contribution in [0.1, 0.15) is 38.2 Å². The van der Waals surface area contributed by atoms with Gasteiger partial charge in [-0.25, -0.2) is 4.98 Å². The van der Waals surface area contributed by atoms with Crippen molar-refractivity contribution in [2.24, 2.45) is 0 Å². The lowest BCUT2D eigenvalue weighted by Crippen LogP contribution is -2.30. The van der Waals surface area contributed by atoms with Gasteiger partial charge in [-0.15, -0.1) is 0 Å². The minimum atomic E-state index is 0.0814. The number of aromatic nitrogens is 1. The molecule has 1 fully saturated rings. The molecule has 1 aromatic heterocycles. The number of carbonyl (C=O) groups excluding carboxylic acids is 1. The zero-order valence-electron chi connectivity index (χ0n) is 17.3. The Labute approximate surface area is 172 Å². The molecule has 0 spiro atoms. The van der Waals surface area contributed by atoms with Gasteiger partial charge in [-0.05, 0) is 69.0 Å². The fraction of sp³-hybridized carbons (Fsp3) is 0.478. The van der Waals surface area contributed by atoms with Crippen molar-refractivity contribution in [2.75, 3.05) is 31.7 Å². The number of nitrogens with zero attached hydrogens (tertiary/aromatic N) is 3. The summed E-state index contributed by atoms with van der Waals surface area (Å²) in [4.78, 5) is 21.1. The van der Waals surface area contributed by atoms with Crippen LogP contribution in [0.5, 0.6) is 11.6 Å². The summed E-state index contributed by atoms with van der Waals surface area (Å²) in [5.41, 5.74) is 2.79. The molecule has 2 aliphatic rings. The molecular weight excluding hydrogens is 365 g/mol. The molecule has 0 aliphatic carbocycles. The van der Waals surface area contributed by atoms with Crippen LogP contribution in [0.15, 0.2) is 36.5 Å². The molecule has 0 unspecified atom stereocenters. The van der Waals surface area contributed by atoms with E-state index < -0.39 is 0 Å². The van der Waals surface area contributed by atoms with Gasteiger partial charge in [0, 0.05) is 25.1 Å². The van der Waals surface area contributed by atoms with Crippen molar-refractivity contribution >= 4 is 17.3 Å². The van der Waals surface area contributed by atoms with Gasteiger partial charge in [0.2, 0.25) is 11.8 Å². The van der Waals surface area contributed by atoms with Gasteiger partial charge < -0.3 is 14.4 Å². The maximum Gasteiger partial charge on any atom is 0.231 e. The molecular formula is C23H29N3O3. The van der Waals surface area contributed by atoms with Crippen molar-refractivity contribution in [1.82, 2.24) is 9.88 Å². The highest BCUT2D eigenvalue weighted by molar-refractivity contribution is 6.03. The van der Waals surface area contributed by atoms with E-state index >= 15 is 0 Å². The Morgan fingerprint density at radius 3 is 2.83 bits per heavy atom. The van der Waals surface area contributed by atoms with Crippen molar-refractivity contribution in [2.45, 2.75) is 45.1 Å². The van der Waals surface area contributed by atoms with Gasteiger partial charge in [0.05, 0.1) is 31.3 Å². The minimum absolute atomic E-state index is 0.0814. The van der Waals surface area contributed by atoms with Gasteiger partial charge in [0.25, 0.3) is 0 Å². The molecule has 6 heteroatoms. The highest BCUT2D eigenvalue weighted by Crippen LogP contribution is 2.36. The summed E-state index contributed by atoms with van der Waals surface area (Å²) in [6.45, 7) is 5.33. The van der Waals surface area contributed by atoms with Gasteiger partial charge in [0.15, 0.2) is 0 Å². The van der Waals surface area contributed by atoms with Crippen molar-refractivity contribution in [3.8, 4) is 11.6 Å². The zero-order chi connectivity index (χ0) is 20.2. The Bertz CT molecular complexity index is 853. The number of anilines is 2. The van der Waals surface area contributed by atoms with E-state index in [1.165, 1.54) is 19.4 Å². The molecule has 3 heterocycles. The second kappa shape index (κ2) is 8.82. The first kappa shape index (κ1) is 19.7. The number of hydrogen-bond acceptors (Lipinski definition) is 5. The minimum Gasteiger partial charge on any atom is -0.494 e. The van der Waals surface area contributed by atoms with Crippen molar-refractivity contribution in [3.63, 3.8) is 0 Å². The third kappa shape index (κ3) is 4.37. The first-order chi connectivity index (χ1) is 14.2. The van der Waals surface area contributed by atoms with Gasteiger partial charge in [-0.3, -0.25) is 9.69 Å². The topological polar surface area (TPSA) is 54.9 Å². The quantitative estimate of drug-likeness (QED) is 0.666. The van der Waals surface area contributed by atoms with E-state index in [-0.39, 0.29) is 5.91 Å². The van der Waals surface area contributed by atoms with E-state index in [0.29, 0.717) is 24.9 Å². The molecule has 0 radical (unpaired) electrons. The summed E-state index contributed by atoms with van der Waals surface area (Å²) in [6, 6.07) is 10.4. The standard InChI is InChI=1S/C23H29N3O3/c1-17-5-3-12-25(17)13-4-14-29-20-8-9-21-18(15-20)6-11-23(27)26(21)19-7-10-22(28-2)24-16-19/h7-10,15-17H,3-6,11-14H2,1-2H3/t17-/m1/s1/i2-1. The Balaban J connectivity index is 1.41. The molecule has 0 bridgehead atoms. The Morgan fingerprint density at radius 2 is 2.10 bits per heavy atom. The Morgan fingerprint density at radius 1 is 1.21 bits per heavy atom. The number of rotatable bonds is 7. The lowest BCUT2D eigenvalue weighted by molar-refractivity contribution is -0.118. The average Bonchev–Trinajstić information content (AvgIpc) is 3.16. The highest BCUT2D eigenvalue weighted by Gasteiger charge is 2.26. The normalized spacial score (nSPS) is 19.3. The summed E-state index contributed by atoms with van der Waals surface area (Å²) in [6.07, 6.45) is 6.54. The summed E-state index contributed by atoms with van der Waals surface area (Å²) < 4.78 is 11.1. The first-order valence-electron chi connectivity index (χ1n) is 10.5. The molecule has 6 nitrogen and oxygen atoms in total. The predicted octanol–water partition coefficient (Wildman–Crippen LogP) is 3.95. The van der Waals surface area contributed by atoms with E-state index in [0.717, 1.165) is 42.1 Å². The number of benzene rings is 1. The summed E-state index contributed by atoms with van der Waals surface area (Å²) in [5.74, 6) is 1.49.